The average molecular weight is 427 g/mol. The molecule has 5 nitrogen and oxygen atoms in total. The second-order valence-electron chi connectivity index (χ2n) is 7.03. The SMILES string of the molecule is CC(C)OC(Cc1ccc(F)c(C(C(N)=O)c2ccc(C(F)(F)F)cc2)c1)C(=O)O. The molecule has 0 bridgehead atoms. The second kappa shape index (κ2) is 9.25. The Labute approximate surface area is 170 Å². The Morgan fingerprint density at radius 2 is 1.70 bits per heavy atom. The predicted octanol–water partition coefficient (Wildman–Crippen LogP) is 3.88. The number of halogens is 4. The van der Waals surface area contributed by atoms with E-state index in [-0.39, 0.29) is 23.7 Å². The molecule has 0 spiro atoms. The van der Waals surface area contributed by atoms with Gasteiger partial charge in [0, 0.05) is 12.0 Å². The molecule has 0 aromatic heterocycles. The summed E-state index contributed by atoms with van der Waals surface area (Å²) in [6.07, 6.45) is -6.22. The van der Waals surface area contributed by atoms with Gasteiger partial charge >= 0.3 is 12.1 Å². The molecule has 0 heterocycles. The number of carboxylic acids is 1. The van der Waals surface area contributed by atoms with E-state index >= 15 is 0 Å². The zero-order valence-electron chi connectivity index (χ0n) is 16.2. The smallest absolute Gasteiger partial charge is 0.416 e. The highest BCUT2D eigenvalue weighted by molar-refractivity contribution is 5.85. The highest BCUT2D eigenvalue weighted by Gasteiger charge is 2.31. The first-order valence-corrected chi connectivity index (χ1v) is 9.03. The third kappa shape index (κ3) is 5.79. The number of nitrogens with two attached hydrogens (primary N) is 1. The molecule has 1 amide bonds. The third-order valence-electron chi connectivity index (χ3n) is 4.36. The van der Waals surface area contributed by atoms with Crippen molar-refractivity contribution in [3.63, 3.8) is 0 Å². The van der Waals surface area contributed by atoms with Crippen LogP contribution in [0.25, 0.3) is 0 Å². The molecule has 9 heteroatoms. The Hall–Kier alpha value is -2.94. The van der Waals surface area contributed by atoms with Crippen LogP contribution in [0.1, 0.15) is 42.0 Å². The van der Waals surface area contributed by atoms with E-state index in [2.05, 4.69) is 0 Å². The Morgan fingerprint density at radius 1 is 1.10 bits per heavy atom. The third-order valence-corrected chi connectivity index (χ3v) is 4.36. The van der Waals surface area contributed by atoms with Gasteiger partial charge in [-0.3, -0.25) is 4.79 Å². The fourth-order valence-corrected chi connectivity index (χ4v) is 3.04. The molecule has 2 aromatic carbocycles. The summed E-state index contributed by atoms with van der Waals surface area (Å²) in [6.45, 7) is 3.33. The van der Waals surface area contributed by atoms with E-state index < -0.39 is 41.5 Å². The van der Waals surface area contributed by atoms with Gasteiger partial charge in [0.2, 0.25) is 5.91 Å². The number of carbonyl (C=O) groups excluding carboxylic acids is 1. The molecule has 0 saturated heterocycles. The Bertz CT molecular complexity index is 910. The first-order chi connectivity index (χ1) is 13.9. The first-order valence-electron chi connectivity index (χ1n) is 9.03. The number of carboxylic acid groups (broad SMARTS) is 1. The van der Waals surface area contributed by atoms with E-state index in [1.165, 1.54) is 12.1 Å². The highest BCUT2D eigenvalue weighted by atomic mass is 19.4. The molecular formula is C21H21F4NO4. The molecule has 2 aromatic rings. The number of rotatable bonds is 8. The van der Waals surface area contributed by atoms with E-state index in [1.54, 1.807) is 13.8 Å². The van der Waals surface area contributed by atoms with Crippen molar-refractivity contribution in [3.8, 4) is 0 Å². The lowest BCUT2D eigenvalue weighted by Crippen LogP contribution is -2.29. The number of primary amides is 1. The van der Waals surface area contributed by atoms with Crippen LogP contribution in [0.2, 0.25) is 0 Å². The van der Waals surface area contributed by atoms with Gasteiger partial charge < -0.3 is 15.6 Å². The normalized spacial score (nSPS) is 13.8. The molecule has 0 aliphatic carbocycles. The molecule has 0 fully saturated rings. The number of carbonyl (C=O) groups is 2. The molecule has 0 saturated carbocycles. The summed E-state index contributed by atoms with van der Waals surface area (Å²) in [6, 6.07) is 7.37. The van der Waals surface area contributed by atoms with Gasteiger partial charge in [0.05, 0.1) is 17.6 Å². The summed E-state index contributed by atoms with van der Waals surface area (Å²) in [5.41, 5.74) is 4.79. The minimum Gasteiger partial charge on any atom is -0.479 e. The largest absolute Gasteiger partial charge is 0.479 e. The molecule has 0 radical (unpaired) electrons. The second-order valence-corrected chi connectivity index (χ2v) is 7.03. The monoisotopic (exact) mass is 427 g/mol. The van der Waals surface area contributed by atoms with Crippen LogP contribution in [0, 0.1) is 5.82 Å². The molecule has 3 N–H and O–H groups in total. The predicted molar refractivity (Wildman–Crippen MR) is 100 cm³/mol. The van der Waals surface area contributed by atoms with E-state index in [0.717, 1.165) is 30.3 Å². The average Bonchev–Trinajstić information content (AvgIpc) is 2.63. The quantitative estimate of drug-likeness (QED) is 0.626. The van der Waals surface area contributed by atoms with Crippen molar-refractivity contribution in [3.05, 3.63) is 70.5 Å². The Balaban J connectivity index is 2.42. The lowest BCUT2D eigenvalue weighted by molar-refractivity contribution is -0.153. The summed E-state index contributed by atoms with van der Waals surface area (Å²) in [4.78, 5) is 23.4. The van der Waals surface area contributed by atoms with Gasteiger partial charge in [0.1, 0.15) is 5.82 Å². The molecule has 162 valence electrons. The maximum atomic E-state index is 14.5. The van der Waals surface area contributed by atoms with Crippen molar-refractivity contribution in [2.75, 3.05) is 0 Å². The maximum Gasteiger partial charge on any atom is 0.416 e. The molecule has 2 rings (SSSR count). The zero-order chi connectivity index (χ0) is 22.6. The van der Waals surface area contributed by atoms with Crippen molar-refractivity contribution >= 4 is 11.9 Å². The van der Waals surface area contributed by atoms with Crippen LogP contribution in [0.5, 0.6) is 0 Å². The summed E-state index contributed by atoms with van der Waals surface area (Å²) >= 11 is 0. The molecule has 0 aliphatic heterocycles. The molecule has 2 atom stereocenters. The number of alkyl halides is 3. The molecule has 30 heavy (non-hydrogen) atoms. The van der Waals surface area contributed by atoms with Gasteiger partial charge in [-0.15, -0.1) is 0 Å². The van der Waals surface area contributed by atoms with Gasteiger partial charge in [-0.1, -0.05) is 24.3 Å². The van der Waals surface area contributed by atoms with E-state index in [9.17, 15) is 32.3 Å². The van der Waals surface area contributed by atoms with Crippen molar-refractivity contribution in [1.82, 2.24) is 0 Å². The number of ether oxygens (including phenoxy) is 1. The van der Waals surface area contributed by atoms with Crippen molar-refractivity contribution in [2.24, 2.45) is 5.73 Å². The zero-order valence-corrected chi connectivity index (χ0v) is 16.2. The molecule has 2 unspecified atom stereocenters. The number of hydrogen-bond acceptors (Lipinski definition) is 3. The van der Waals surface area contributed by atoms with Gasteiger partial charge in [0.25, 0.3) is 0 Å². The fraction of sp³-hybridized carbons (Fsp3) is 0.333. The number of hydrogen-bond donors (Lipinski definition) is 2. The summed E-state index contributed by atoms with van der Waals surface area (Å²) in [5.74, 6) is -4.30. The van der Waals surface area contributed by atoms with Crippen LogP contribution in [0.3, 0.4) is 0 Å². The summed E-state index contributed by atoms with van der Waals surface area (Å²) in [7, 11) is 0. The fourth-order valence-electron chi connectivity index (χ4n) is 3.04. The molecular weight excluding hydrogens is 406 g/mol. The van der Waals surface area contributed by atoms with Crippen LogP contribution in [0.4, 0.5) is 17.6 Å². The topological polar surface area (TPSA) is 89.6 Å². The van der Waals surface area contributed by atoms with Crippen LogP contribution in [-0.2, 0) is 26.9 Å². The first kappa shape index (κ1) is 23.3. The number of amides is 1. The summed E-state index contributed by atoms with van der Waals surface area (Å²) in [5, 5.41) is 9.31. The van der Waals surface area contributed by atoms with E-state index in [0.29, 0.717) is 5.56 Å². The van der Waals surface area contributed by atoms with Gasteiger partial charge in [-0.25, -0.2) is 9.18 Å². The van der Waals surface area contributed by atoms with Crippen LogP contribution >= 0.6 is 0 Å². The summed E-state index contributed by atoms with van der Waals surface area (Å²) < 4.78 is 58.2. The minimum atomic E-state index is -4.56. The highest BCUT2D eigenvalue weighted by Crippen LogP contribution is 2.33. The molecule has 0 aliphatic rings. The Kier molecular flexibility index (Phi) is 7.20. The van der Waals surface area contributed by atoms with Crippen molar-refractivity contribution < 1.29 is 37.0 Å². The maximum absolute atomic E-state index is 14.5. The van der Waals surface area contributed by atoms with Crippen molar-refractivity contribution in [2.45, 2.75) is 44.6 Å². The van der Waals surface area contributed by atoms with E-state index in [1.807, 2.05) is 0 Å². The number of benzene rings is 2. The van der Waals surface area contributed by atoms with Crippen LogP contribution in [-0.4, -0.2) is 29.2 Å². The standard InChI is InChI=1S/C21H21F4NO4/c1-11(2)30-17(20(28)29)10-12-3-8-16(22)15(9-12)18(19(26)27)13-4-6-14(7-5-13)21(23,24)25/h3-9,11,17-18H,10H2,1-2H3,(H2,26,27)(H,28,29). The van der Waals surface area contributed by atoms with E-state index in [4.69, 9.17) is 10.5 Å². The van der Waals surface area contributed by atoms with Gasteiger partial charge in [0.15, 0.2) is 6.10 Å². The lowest BCUT2D eigenvalue weighted by Gasteiger charge is -2.19. The van der Waals surface area contributed by atoms with Crippen LogP contribution < -0.4 is 5.73 Å². The van der Waals surface area contributed by atoms with Gasteiger partial charge in [-0.05, 0) is 43.2 Å². The Morgan fingerprint density at radius 3 is 2.17 bits per heavy atom. The minimum absolute atomic E-state index is 0.0831. The number of aliphatic carboxylic acids is 1. The lowest BCUT2D eigenvalue weighted by atomic mass is 9.88. The van der Waals surface area contributed by atoms with Crippen molar-refractivity contribution in [1.29, 1.82) is 0 Å². The van der Waals surface area contributed by atoms with Gasteiger partial charge in [-0.2, -0.15) is 13.2 Å². The van der Waals surface area contributed by atoms with Crippen LogP contribution in [0.15, 0.2) is 42.5 Å².